The van der Waals surface area contributed by atoms with Crippen LogP contribution in [0.3, 0.4) is 0 Å². The molecule has 4 heteroatoms. The molecule has 0 atom stereocenters. The van der Waals surface area contributed by atoms with E-state index in [1.165, 1.54) is 15.3 Å². The predicted octanol–water partition coefficient (Wildman–Crippen LogP) is 4.01. The Balaban J connectivity index is 1.70. The third-order valence-corrected chi connectivity index (χ3v) is 4.92. The summed E-state index contributed by atoms with van der Waals surface area (Å²) in [5, 5.41) is 0. The van der Waals surface area contributed by atoms with Gasteiger partial charge in [0.15, 0.2) is 0 Å². The molecule has 0 amide bonds. The van der Waals surface area contributed by atoms with Crippen LogP contribution in [0, 0.1) is 0 Å². The van der Waals surface area contributed by atoms with Crippen molar-refractivity contribution in [1.82, 2.24) is 4.90 Å². The van der Waals surface area contributed by atoms with Crippen molar-refractivity contribution in [2.45, 2.75) is 6.54 Å². The first kappa shape index (κ1) is 13.3. The molecule has 0 saturated carbocycles. The molecule has 1 aliphatic heterocycles. The molecule has 1 aromatic heterocycles. The molecule has 19 heavy (non-hydrogen) atoms. The molecule has 2 heterocycles. The summed E-state index contributed by atoms with van der Waals surface area (Å²) in [6.45, 7) is 4.87. The number of ether oxygens (including phenoxy) is 1. The molecule has 0 aliphatic carbocycles. The van der Waals surface area contributed by atoms with Gasteiger partial charge < -0.3 is 4.74 Å². The van der Waals surface area contributed by atoms with Crippen LogP contribution < -0.4 is 0 Å². The second-order valence-corrected chi connectivity index (χ2v) is 6.75. The van der Waals surface area contributed by atoms with Crippen molar-refractivity contribution in [3.05, 3.63) is 45.7 Å². The average molecular weight is 338 g/mol. The predicted molar refractivity (Wildman–Crippen MR) is 83.6 cm³/mol. The molecule has 0 unspecified atom stereocenters. The Bertz CT molecular complexity index is 531. The Morgan fingerprint density at radius 2 is 1.79 bits per heavy atom. The van der Waals surface area contributed by atoms with E-state index in [0.29, 0.717) is 0 Å². The van der Waals surface area contributed by atoms with Gasteiger partial charge in [-0.25, -0.2) is 0 Å². The van der Waals surface area contributed by atoms with Gasteiger partial charge in [0.05, 0.1) is 13.2 Å². The SMILES string of the molecule is Brc1ccc(-c2ccc(CN3CCOCC3)s2)cc1. The lowest BCUT2D eigenvalue weighted by molar-refractivity contribution is 0.0346. The van der Waals surface area contributed by atoms with Crippen LogP contribution in [0.2, 0.25) is 0 Å². The minimum absolute atomic E-state index is 0.866. The van der Waals surface area contributed by atoms with E-state index in [-0.39, 0.29) is 0 Å². The number of hydrogen-bond acceptors (Lipinski definition) is 3. The van der Waals surface area contributed by atoms with E-state index in [1.807, 2.05) is 11.3 Å². The number of thiophene rings is 1. The van der Waals surface area contributed by atoms with Crippen LogP contribution in [-0.4, -0.2) is 31.2 Å². The summed E-state index contributed by atoms with van der Waals surface area (Å²) < 4.78 is 6.51. The standard InChI is InChI=1S/C15H16BrNOS/c16-13-3-1-12(2-4-13)15-6-5-14(19-15)11-17-7-9-18-10-8-17/h1-6H,7-11H2. The van der Waals surface area contributed by atoms with Gasteiger partial charge in [-0.2, -0.15) is 0 Å². The molecule has 0 bridgehead atoms. The van der Waals surface area contributed by atoms with Crippen LogP contribution in [-0.2, 0) is 11.3 Å². The highest BCUT2D eigenvalue weighted by Gasteiger charge is 2.12. The molecule has 1 fully saturated rings. The Labute approximate surface area is 126 Å². The highest BCUT2D eigenvalue weighted by Crippen LogP contribution is 2.29. The number of benzene rings is 1. The minimum atomic E-state index is 0.866. The maximum atomic E-state index is 5.38. The summed E-state index contributed by atoms with van der Waals surface area (Å²) in [5.74, 6) is 0. The Morgan fingerprint density at radius 3 is 2.53 bits per heavy atom. The fourth-order valence-electron chi connectivity index (χ4n) is 2.21. The van der Waals surface area contributed by atoms with E-state index in [2.05, 4.69) is 57.2 Å². The molecule has 0 radical (unpaired) electrons. The van der Waals surface area contributed by atoms with E-state index in [9.17, 15) is 0 Å². The maximum Gasteiger partial charge on any atom is 0.0594 e. The van der Waals surface area contributed by atoms with Crippen molar-refractivity contribution in [2.24, 2.45) is 0 Å². The largest absolute Gasteiger partial charge is 0.379 e. The number of morpholine rings is 1. The second-order valence-electron chi connectivity index (χ2n) is 4.66. The van der Waals surface area contributed by atoms with Crippen molar-refractivity contribution < 1.29 is 4.74 Å². The van der Waals surface area contributed by atoms with Gasteiger partial charge in [-0.1, -0.05) is 28.1 Å². The molecule has 0 N–H and O–H groups in total. The van der Waals surface area contributed by atoms with Crippen LogP contribution in [0.1, 0.15) is 4.88 Å². The molecular weight excluding hydrogens is 322 g/mol. The molecule has 1 saturated heterocycles. The van der Waals surface area contributed by atoms with Crippen LogP contribution in [0.5, 0.6) is 0 Å². The first-order valence-corrected chi connectivity index (χ1v) is 8.07. The summed E-state index contributed by atoms with van der Waals surface area (Å²) in [6, 6.07) is 13.0. The molecule has 0 spiro atoms. The number of hydrogen-bond donors (Lipinski definition) is 0. The summed E-state index contributed by atoms with van der Waals surface area (Å²) in [5.41, 5.74) is 1.29. The summed E-state index contributed by atoms with van der Waals surface area (Å²) in [6.07, 6.45) is 0. The quantitative estimate of drug-likeness (QED) is 0.838. The zero-order valence-electron chi connectivity index (χ0n) is 10.6. The number of nitrogens with zero attached hydrogens (tertiary/aromatic N) is 1. The monoisotopic (exact) mass is 337 g/mol. The molecule has 2 aromatic rings. The Kier molecular flexibility index (Phi) is 4.33. The van der Waals surface area contributed by atoms with E-state index < -0.39 is 0 Å². The Hall–Kier alpha value is -0.680. The normalized spacial score (nSPS) is 16.7. The number of halogens is 1. The van der Waals surface area contributed by atoms with Crippen molar-refractivity contribution in [3.8, 4) is 10.4 Å². The van der Waals surface area contributed by atoms with Crippen molar-refractivity contribution in [1.29, 1.82) is 0 Å². The first-order chi connectivity index (χ1) is 9.31. The molecule has 1 aliphatic rings. The smallest absolute Gasteiger partial charge is 0.0594 e. The van der Waals surface area contributed by atoms with E-state index in [4.69, 9.17) is 4.74 Å². The number of rotatable bonds is 3. The third-order valence-electron chi connectivity index (χ3n) is 3.27. The van der Waals surface area contributed by atoms with Gasteiger partial charge in [0.2, 0.25) is 0 Å². The van der Waals surface area contributed by atoms with Crippen molar-refractivity contribution >= 4 is 27.3 Å². The van der Waals surface area contributed by atoms with Gasteiger partial charge in [-0.05, 0) is 29.8 Å². The van der Waals surface area contributed by atoms with Crippen molar-refractivity contribution in [2.75, 3.05) is 26.3 Å². The van der Waals surface area contributed by atoms with Gasteiger partial charge in [0.25, 0.3) is 0 Å². The maximum absolute atomic E-state index is 5.38. The van der Waals surface area contributed by atoms with Crippen LogP contribution in [0.25, 0.3) is 10.4 Å². The van der Waals surface area contributed by atoms with E-state index >= 15 is 0 Å². The minimum Gasteiger partial charge on any atom is -0.379 e. The first-order valence-electron chi connectivity index (χ1n) is 6.46. The molecular formula is C15H16BrNOS. The van der Waals surface area contributed by atoms with E-state index in [1.54, 1.807) is 0 Å². The lowest BCUT2D eigenvalue weighted by Crippen LogP contribution is -2.35. The van der Waals surface area contributed by atoms with Gasteiger partial charge in [-0.15, -0.1) is 11.3 Å². The van der Waals surface area contributed by atoms with Crippen LogP contribution in [0.4, 0.5) is 0 Å². The summed E-state index contributed by atoms with van der Waals surface area (Å²) >= 11 is 5.36. The van der Waals surface area contributed by atoms with Crippen LogP contribution in [0.15, 0.2) is 40.9 Å². The Morgan fingerprint density at radius 1 is 1.05 bits per heavy atom. The summed E-state index contributed by atoms with van der Waals surface area (Å²) in [4.78, 5) is 5.23. The molecule has 1 aromatic carbocycles. The van der Waals surface area contributed by atoms with E-state index in [0.717, 1.165) is 37.3 Å². The molecule has 100 valence electrons. The fourth-order valence-corrected chi connectivity index (χ4v) is 3.53. The second kappa shape index (κ2) is 6.18. The van der Waals surface area contributed by atoms with Crippen molar-refractivity contribution in [3.63, 3.8) is 0 Å². The highest BCUT2D eigenvalue weighted by molar-refractivity contribution is 9.10. The topological polar surface area (TPSA) is 12.5 Å². The summed E-state index contributed by atoms with van der Waals surface area (Å²) in [7, 11) is 0. The average Bonchev–Trinajstić information content (AvgIpc) is 2.89. The molecule has 2 nitrogen and oxygen atoms in total. The molecule has 3 rings (SSSR count). The van der Waals surface area contributed by atoms with Gasteiger partial charge in [-0.3, -0.25) is 4.90 Å². The van der Waals surface area contributed by atoms with Gasteiger partial charge in [0.1, 0.15) is 0 Å². The lowest BCUT2D eigenvalue weighted by Gasteiger charge is -2.25. The van der Waals surface area contributed by atoms with Gasteiger partial charge >= 0.3 is 0 Å². The zero-order valence-corrected chi connectivity index (χ0v) is 13.0. The fraction of sp³-hybridized carbons (Fsp3) is 0.333. The highest BCUT2D eigenvalue weighted by atomic mass is 79.9. The van der Waals surface area contributed by atoms with Gasteiger partial charge in [0, 0.05) is 33.9 Å². The van der Waals surface area contributed by atoms with Crippen LogP contribution >= 0.6 is 27.3 Å². The zero-order chi connectivity index (χ0) is 13.1. The lowest BCUT2D eigenvalue weighted by atomic mass is 10.2. The third kappa shape index (κ3) is 3.45.